The van der Waals surface area contributed by atoms with Gasteiger partial charge in [0, 0.05) is 19.2 Å². The van der Waals surface area contributed by atoms with Crippen molar-refractivity contribution in [1.29, 1.82) is 0 Å². The number of nitro groups is 1. The number of nitrogen functional groups attached to an aromatic ring is 1. The molecule has 0 atom stereocenters. The van der Waals surface area contributed by atoms with Crippen molar-refractivity contribution in [2.24, 2.45) is 0 Å². The lowest BCUT2D eigenvalue weighted by Gasteiger charge is -2.29. The van der Waals surface area contributed by atoms with Gasteiger partial charge >= 0.3 is 0 Å². The maximum Gasteiger partial charge on any atom is 0.295 e. The van der Waals surface area contributed by atoms with Gasteiger partial charge in [-0.1, -0.05) is 11.6 Å². The minimum atomic E-state index is -0.457. The number of benzene rings is 1. The van der Waals surface area contributed by atoms with Crippen LogP contribution in [0.4, 0.5) is 17.1 Å². The molecule has 1 aromatic carbocycles. The quantitative estimate of drug-likeness (QED) is 0.509. The number of hydrogen-bond donors (Lipinski definition) is 1. The summed E-state index contributed by atoms with van der Waals surface area (Å²) in [7, 11) is 0. The molecule has 0 unspecified atom stereocenters. The fourth-order valence-corrected chi connectivity index (χ4v) is 2.82. The predicted molar refractivity (Wildman–Crippen MR) is 73.3 cm³/mol. The number of halogens is 2. The fourth-order valence-electron chi connectivity index (χ4n) is 1.84. The number of rotatable bonds is 2. The molecule has 0 aliphatic carbocycles. The van der Waals surface area contributed by atoms with Gasteiger partial charge in [0.05, 0.1) is 33.3 Å². The topological polar surface area (TPSA) is 81.6 Å². The molecule has 0 aromatic heterocycles. The van der Waals surface area contributed by atoms with Crippen LogP contribution in [-0.4, -0.2) is 31.2 Å². The smallest absolute Gasteiger partial charge is 0.295 e. The van der Waals surface area contributed by atoms with Gasteiger partial charge < -0.3 is 15.4 Å². The van der Waals surface area contributed by atoms with E-state index in [1.807, 2.05) is 4.90 Å². The highest BCUT2D eigenvalue weighted by molar-refractivity contribution is 9.10. The van der Waals surface area contributed by atoms with E-state index in [0.717, 1.165) is 0 Å². The fraction of sp³-hybridized carbons (Fsp3) is 0.400. The molecule has 8 heteroatoms. The summed E-state index contributed by atoms with van der Waals surface area (Å²) in [5.41, 5.74) is 6.52. The molecule has 0 saturated carbocycles. The minimum Gasteiger partial charge on any atom is -0.397 e. The highest BCUT2D eigenvalue weighted by Gasteiger charge is 2.27. The number of nitro benzene ring substituents is 1. The minimum absolute atomic E-state index is 0.0528. The summed E-state index contributed by atoms with van der Waals surface area (Å²) in [5, 5.41) is 11.3. The van der Waals surface area contributed by atoms with Crippen molar-refractivity contribution in [1.82, 2.24) is 0 Å². The van der Waals surface area contributed by atoms with Gasteiger partial charge in [-0.2, -0.15) is 0 Å². The highest BCUT2D eigenvalue weighted by atomic mass is 79.9. The molecule has 1 fully saturated rings. The molecule has 0 spiro atoms. The van der Waals surface area contributed by atoms with Crippen LogP contribution in [0, 0.1) is 10.1 Å². The van der Waals surface area contributed by atoms with Gasteiger partial charge in [-0.25, -0.2) is 0 Å². The van der Waals surface area contributed by atoms with E-state index in [1.54, 1.807) is 0 Å². The molecule has 2 rings (SSSR count). The lowest BCUT2D eigenvalue weighted by molar-refractivity contribution is -0.384. The number of nitrogens with two attached hydrogens (primary N) is 1. The third-order valence-electron chi connectivity index (χ3n) is 2.73. The van der Waals surface area contributed by atoms with Crippen molar-refractivity contribution < 1.29 is 9.66 Å². The van der Waals surface area contributed by atoms with Crippen molar-refractivity contribution in [2.45, 2.75) is 0 Å². The van der Waals surface area contributed by atoms with Crippen LogP contribution in [0.2, 0.25) is 5.02 Å². The zero-order valence-corrected chi connectivity index (χ0v) is 11.7. The standard InChI is InChI=1S/C10H11BrClN3O3/c11-8-9(13)6(12)5-7(15(16)17)10(8)14-1-3-18-4-2-14/h5H,1-4,13H2. The van der Waals surface area contributed by atoms with Gasteiger partial charge in [-0.3, -0.25) is 10.1 Å². The normalized spacial score (nSPS) is 15.8. The first kappa shape index (κ1) is 13.4. The van der Waals surface area contributed by atoms with Crippen molar-refractivity contribution >= 4 is 44.6 Å². The first-order valence-electron chi connectivity index (χ1n) is 5.27. The SMILES string of the molecule is Nc1c(Cl)cc([N+](=O)[O-])c(N2CCOCC2)c1Br. The molecule has 0 radical (unpaired) electrons. The van der Waals surface area contributed by atoms with Crippen LogP contribution in [0.15, 0.2) is 10.5 Å². The number of morpholine rings is 1. The zero-order valence-electron chi connectivity index (χ0n) is 9.36. The van der Waals surface area contributed by atoms with E-state index in [9.17, 15) is 10.1 Å². The molecule has 1 aliphatic rings. The Kier molecular flexibility index (Phi) is 3.94. The Balaban J connectivity index is 2.55. The Hall–Kier alpha value is -1.05. The Morgan fingerprint density at radius 2 is 2.11 bits per heavy atom. The average molecular weight is 337 g/mol. The highest BCUT2D eigenvalue weighted by Crippen LogP contribution is 2.43. The molecule has 1 aliphatic heterocycles. The summed E-state index contributed by atoms with van der Waals surface area (Å²) < 4.78 is 5.69. The van der Waals surface area contributed by atoms with Gasteiger partial charge in [0.2, 0.25) is 0 Å². The van der Waals surface area contributed by atoms with E-state index in [-0.39, 0.29) is 10.7 Å². The second-order valence-electron chi connectivity index (χ2n) is 3.81. The monoisotopic (exact) mass is 335 g/mol. The van der Waals surface area contributed by atoms with Gasteiger partial charge in [0.25, 0.3) is 5.69 Å². The Morgan fingerprint density at radius 1 is 1.50 bits per heavy atom. The van der Waals surface area contributed by atoms with E-state index in [0.29, 0.717) is 42.2 Å². The summed E-state index contributed by atoms with van der Waals surface area (Å²) in [6.07, 6.45) is 0. The lowest BCUT2D eigenvalue weighted by Crippen LogP contribution is -2.36. The molecule has 1 aromatic rings. The van der Waals surface area contributed by atoms with Gasteiger partial charge in [-0.05, 0) is 15.9 Å². The first-order chi connectivity index (χ1) is 8.52. The third kappa shape index (κ3) is 2.38. The number of hydrogen-bond acceptors (Lipinski definition) is 5. The zero-order chi connectivity index (χ0) is 13.3. The van der Waals surface area contributed by atoms with Crippen LogP contribution >= 0.6 is 27.5 Å². The lowest BCUT2D eigenvalue weighted by atomic mass is 10.2. The van der Waals surface area contributed by atoms with Crippen LogP contribution in [0.3, 0.4) is 0 Å². The van der Waals surface area contributed by atoms with Crippen LogP contribution in [0.25, 0.3) is 0 Å². The second-order valence-corrected chi connectivity index (χ2v) is 5.01. The maximum atomic E-state index is 11.1. The predicted octanol–water partition coefficient (Wildman–Crippen LogP) is 2.43. The summed E-state index contributed by atoms with van der Waals surface area (Å²) in [5.74, 6) is 0. The van der Waals surface area contributed by atoms with Crippen LogP contribution in [0.1, 0.15) is 0 Å². The summed E-state index contributed by atoms with van der Waals surface area (Å²) >= 11 is 9.16. The molecule has 0 bridgehead atoms. The summed E-state index contributed by atoms with van der Waals surface area (Å²) in [6, 6.07) is 1.28. The molecular weight excluding hydrogens is 325 g/mol. The van der Waals surface area contributed by atoms with E-state index in [4.69, 9.17) is 22.1 Å². The van der Waals surface area contributed by atoms with Gasteiger partial charge in [-0.15, -0.1) is 0 Å². The molecule has 6 nitrogen and oxygen atoms in total. The molecule has 1 heterocycles. The van der Waals surface area contributed by atoms with Gasteiger partial charge in [0.1, 0.15) is 5.69 Å². The van der Waals surface area contributed by atoms with Crippen molar-refractivity contribution in [3.05, 3.63) is 25.7 Å². The molecular formula is C10H11BrClN3O3. The first-order valence-corrected chi connectivity index (χ1v) is 6.44. The molecule has 98 valence electrons. The third-order valence-corrected chi connectivity index (χ3v) is 3.85. The molecule has 0 amide bonds. The van der Waals surface area contributed by atoms with Gasteiger partial charge in [0.15, 0.2) is 0 Å². The summed E-state index contributed by atoms with van der Waals surface area (Å²) in [4.78, 5) is 12.5. The van der Waals surface area contributed by atoms with Crippen LogP contribution in [-0.2, 0) is 4.74 Å². The van der Waals surface area contributed by atoms with E-state index >= 15 is 0 Å². The van der Waals surface area contributed by atoms with Crippen LogP contribution in [0.5, 0.6) is 0 Å². The van der Waals surface area contributed by atoms with E-state index in [1.165, 1.54) is 6.07 Å². The molecule has 2 N–H and O–H groups in total. The van der Waals surface area contributed by atoms with E-state index < -0.39 is 4.92 Å². The maximum absolute atomic E-state index is 11.1. The van der Waals surface area contributed by atoms with Crippen molar-refractivity contribution in [3.63, 3.8) is 0 Å². The second kappa shape index (κ2) is 5.29. The Labute approximate surface area is 117 Å². The Bertz CT molecular complexity index is 492. The van der Waals surface area contributed by atoms with Crippen molar-refractivity contribution in [2.75, 3.05) is 36.9 Å². The number of ether oxygens (including phenoxy) is 1. The number of anilines is 2. The van der Waals surface area contributed by atoms with Crippen LogP contribution < -0.4 is 10.6 Å². The summed E-state index contributed by atoms with van der Waals surface area (Å²) in [6.45, 7) is 2.24. The number of nitrogens with zero attached hydrogens (tertiary/aromatic N) is 2. The average Bonchev–Trinajstić information content (AvgIpc) is 2.36. The Morgan fingerprint density at radius 3 is 2.67 bits per heavy atom. The van der Waals surface area contributed by atoms with E-state index in [2.05, 4.69) is 15.9 Å². The molecule has 18 heavy (non-hydrogen) atoms. The largest absolute Gasteiger partial charge is 0.397 e. The molecule has 1 saturated heterocycles. The van der Waals surface area contributed by atoms with Crippen molar-refractivity contribution in [3.8, 4) is 0 Å².